The standard InChI is InChI=1S/C14H23N3O4S2/c1-8(2)10-6-17(7-11(10)16-23(5,19)20)13(18)12-9(3)15-14(21-4)22-12/h8,10-11,16H,6-7H2,1-5H3/t10-,11+/m0/s1. The lowest BCUT2D eigenvalue weighted by Gasteiger charge is -2.21. The number of rotatable bonds is 5. The van der Waals surface area contributed by atoms with Crippen LogP contribution in [-0.2, 0) is 10.0 Å². The highest BCUT2D eigenvalue weighted by atomic mass is 32.2. The summed E-state index contributed by atoms with van der Waals surface area (Å²) in [5.74, 6) is 0.236. The van der Waals surface area contributed by atoms with Gasteiger partial charge in [-0.3, -0.25) is 4.79 Å². The number of sulfonamides is 1. The van der Waals surface area contributed by atoms with Crippen LogP contribution in [0, 0.1) is 18.8 Å². The molecule has 0 bridgehead atoms. The van der Waals surface area contributed by atoms with Crippen molar-refractivity contribution in [1.29, 1.82) is 0 Å². The average Bonchev–Trinajstić information content (AvgIpc) is 3.00. The Morgan fingerprint density at radius 2 is 2.09 bits per heavy atom. The summed E-state index contributed by atoms with van der Waals surface area (Å²) in [5.41, 5.74) is 0.637. The summed E-state index contributed by atoms with van der Waals surface area (Å²) in [4.78, 5) is 19.2. The van der Waals surface area contributed by atoms with Gasteiger partial charge in [-0.15, -0.1) is 0 Å². The quantitative estimate of drug-likeness (QED) is 0.848. The number of aromatic nitrogens is 1. The molecule has 1 amide bonds. The Morgan fingerprint density at radius 1 is 1.43 bits per heavy atom. The minimum atomic E-state index is -3.31. The maximum atomic E-state index is 12.7. The van der Waals surface area contributed by atoms with Crippen molar-refractivity contribution in [2.45, 2.75) is 26.8 Å². The minimum absolute atomic E-state index is 0.0869. The Labute approximate surface area is 141 Å². The van der Waals surface area contributed by atoms with Crippen molar-refractivity contribution in [1.82, 2.24) is 14.6 Å². The number of likely N-dealkylation sites (tertiary alicyclic amines) is 1. The molecule has 0 unspecified atom stereocenters. The number of aryl methyl sites for hydroxylation is 1. The molecule has 7 nitrogen and oxygen atoms in total. The van der Waals surface area contributed by atoms with E-state index in [0.29, 0.717) is 28.9 Å². The molecule has 0 aliphatic carbocycles. The molecule has 0 saturated carbocycles. The average molecular weight is 361 g/mol. The van der Waals surface area contributed by atoms with Crippen LogP contribution in [0.25, 0.3) is 0 Å². The lowest BCUT2D eigenvalue weighted by molar-refractivity contribution is 0.0787. The zero-order chi connectivity index (χ0) is 17.4. The normalized spacial score (nSPS) is 21.9. The molecule has 1 aliphatic heterocycles. The highest BCUT2D eigenvalue weighted by Crippen LogP contribution is 2.30. The molecule has 0 spiro atoms. The van der Waals surface area contributed by atoms with Crippen molar-refractivity contribution in [3.05, 3.63) is 10.6 Å². The molecule has 2 rings (SSSR count). The van der Waals surface area contributed by atoms with E-state index in [1.807, 2.05) is 13.8 Å². The van der Waals surface area contributed by atoms with Gasteiger partial charge in [0, 0.05) is 19.1 Å². The lowest BCUT2D eigenvalue weighted by Crippen LogP contribution is -2.41. The van der Waals surface area contributed by atoms with E-state index >= 15 is 0 Å². The van der Waals surface area contributed by atoms with Crippen molar-refractivity contribution in [2.75, 3.05) is 26.5 Å². The predicted molar refractivity (Wildman–Crippen MR) is 89.4 cm³/mol. The van der Waals surface area contributed by atoms with E-state index in [4.69, 9.17) is 4.74 Å². The summed E-state index contributed by atoms with van der Waals surface area (Å²) >= 11 is 1.22. The smallest absolute Gasteiger partial charge is 0.273 e. The number of ether oxygens (including phenoxy) is 1. The third kappa shape index (κ3) is 4.21. The molecule has 1 N–H and O–H groups in total. The molecule has 0 aromatic carbocycles. The number of methoxy groups -OCH3 is 1. The maximum Gasteiger partial charge on any atom is 0.273 e. The zero-order valence-electron chi connectivity index (χ0n) is 14.0. The third-order valence-corrected chi connectivity index (χ3v) is 5.86. The number of hydrogen-bond donors (Lipinski definition) is 1. The van der Waals surface area contributed by atoms with Gasteiger partial charge in [0.15, 0.2) is 0 Å². The van der Waals surface area contributed by atoms with Crippen molar-refractivity contribution in [3.63, 3.8) is 0 Å². The number of hydrogen-bond acceptors (Lipinski definition) is 6. The molecule has 1 aromatic heterocycles. The molecule has 2 heterocycles. The van der Waals surface area contributed by atoms with Gasteiger partial charge in [0.25, 0.3) is 11.1 Å². The first-order valence-electron chi connectivity index (χ1n) is 7.40. The van der Waals surface area contributed by atoms with E-state index in [-0.39, 0.29) is 23.8 Å². The molecule has 1 saturated heterocycles. The number of carbonyl (C=O) groups is 1. The topological polar surface area (TPSA) is 88.6 Å². The molecule has 0 radical (unpaired) electrons. The molecule has 1 aliphatic rings. The highest BCUT2D eigenvalue weighted by Gasteiger charge is 2.39. The van der Waals surface area contributed by atoms with Gasteiger partial charge in [-0.05, 0) is 18.8 Å². The second kappa shape index (κ2) is 6.74. The largest absolute Gasteiger partial charge is 0.473 e. The molecular formula is C14H23N3O4S2. The number of nitrogens with one attached hydrogen (secondary N) is 1. The van der Waals surface area contributed by atoms with Gasteiger partial charge >= 0.3 is 0 Å². The van der Waals surface area contributed by atoms with Crippen LogP contribution in [0.2, 0.25) is 0 Å². The van der Waals surface area contributed by atoms with Crippen molar-refractivity contribution in [3.8, 4) is 5.19 Å². The fraction of sp³-hybridized carbons (Fsp3) is 0.714. The zero-order valence-corrected chi connectivity index (χ0v) is 15.6. The second-order valence-electron chi connectivity index (χ2n) is 6.21. The molecule has 23 heavy (non-hydrogen) atoms. The Hall–Kier alpha value is -1.19. The first-order valence-corrected chi connectivity index (χ1v) is 10.1. The highest BCUT2D eigenvalue weighted by molar-refractivity contribution is 7.88. The van der Waals surface area contributed by atoms with Crippen LogP contribution in [0.4, 0.5) is 0 Å². The Balaban J connectivity index is 2.20. The van der Waals surface area contributed by atoms with Crippen LogP contribution in [0.5, 0.6) is 5.19 Å². The monoisotopic (exact) mass is 361 g/mol. The number of carbonyl (C=O) groups excluding carboxylic acids is 1. The first-order chi connectivity index (χ1) is 10.6. The molecule has 2 atom stereocenters. The number of nitrogens with zero attached hydrogens (tertiary/aromatic N) is 2. The van der Waals surface area contributed by atoms with E-state index in [1.54, 1.807) is 11.8 Å². The van der Waals surface area contributed by atoms with Gasteiger partial charge < -0.3 is 9.64 Å². The molecular weight excluding hydrogens is 338 g/mol. The van der Waals surface area contributed by atoms with Gasteiger partial charge in [-0.25, -0.2) is 18.1 Å². The van der Waals surface area contributed by atoms with Gasteiger partial charge in [0.1, 0.15) is 4.88 Å². The minimum Gasteiger partial charge on any atom is -0.473 e. The van der Waals surface area contributed by atoms with Gasteiger partial charge in [-0.2, -0.15) is 0 Å². The Bertz CT molecular complexity index is 684. The first kappa shape index (κ1) is 18.2. The maximum absolute atomic E-state index is 12.7. The van der Waals surface area contributed by atoms with Crippen LogP contribution in [-0.4, -0.2) is 56.7 Å². The molecule has 130 valence electrons. The molecule has 1 aromatic rings. The van der Waals surface area contributed by atoms with Crippen LogP contribution in [0.3, 0.4) is 0 Å². The Kier molecular flexibility index (Phi) is 5.32. The van der Waals surface area contributed by atoms with E-state index < -0.39 is 10.0 Å². The fourth-order valence-electron chi connectivity index (χ4n) is 2.87. The molecule has 9 heteroatoms. The van der Waals surface area contributed by atoms with E-state index in [1.165, 1.54) is 18.4 Å². The SMILES string of the molecule is COc1nc(C)c(C(=O)N2C[C@@H](NS(C)(=O)=O)[C@H](C(C)C)C2)s1. The van der Waals surface area contributed by atoms with E-state index in [0.717, 1.165) is 6.26 Å². The summed E-state index contributed by atoms with van der Waals surface area (Å²) in [6, 6.07) is -0.260. The van der Waals surface area contributed by atoms with Crippen LogP contribution in [0.1, 0.15) is 29.2 Å². The van der Waals surface area contributed by atoms with Crippen molar-refractivity contribution < 1.29 is 17.9 Å². The van der Waals surface area contributed by atoms with Gasteiger partial charge in [0.05, 0.1) is 19.1 Å². The second-order valence-corrected chi connectivity index (χ2v) is 8.95. The summed E-state index contributed by atoms with van der Waals surface area (Å²) in [6.45, 7) is 6.75. The van der Waals surface area contributed by atoms with Gasteiger partial charge in [0.2, 0.25) is 10.0 Å². The van der Waals surface area contributed by atoms with Crippen LogP contribution < -0.4 is 9.46 Å². The van der Waals surface area contributed by atoms with Crippen molar-refractivity contribution in [2.24, 2.45) is 11.8 Å². The number of thiazole rings is 1. The summed E-state index contributed by atoms with van der Waals surface area (Å²) in [6.07, 6.45) is 1.15. The number of amides is 1. The fourth-order valence-corrected chi connectivity index (χ4v) is 4.52. The summed E-state index contributed by atoms with van der Waals surface area (Å²) in [5, 5.41) is 0.455. The van der Waals surface area contributed by atoms with Gasteiger partial charge in [-0.1, -0.05) is 25.2 Å². The van der Waals surface area contributed by atoms with Crippen molar-refractivity contribution >= 4 is 27.3 Å². The lowest BCUT2D eigenvalue weighted by atomic mass is 9.92. The third-order valence-electron chi connectivity index (χ3n) is 4.02. The summed E-state index contributed by atoms with van der Waals surface area (Å²) < 4.78 is 30.9. The van der Waals surface area contributed by atoms with Crippen LogP contribution >= 0.6 is 11.3 Å². The molecule has 1 fully saturated rings. The predicted octanol–water partition coefficient (Wildman–Crippen LogP) is 1.11. The van der Waals surface area contributed by atoms with E-state index in [9.17, 15) is 13.2 Å². The van der Waals surface area contributed by atoms with Crippen LogP contribution in [0.15, 0.2) is 0 Å². The van der Waals surface area contributed by atoms with E-state index in [2.05, 4.69) is 9.71 Å². The summed E-state index contributed by atoms with van der Waals surface area (Å²) in [7, 11) is -1.80. The Morgan fingerprint density at radius 3 is 2.57 bits per heavy atom.